The Balaban J connectivity index is 1.64. The Labute approximate surface area is 185 Å². The Morgan fingerprint density at radius 1 is 1.32 bits per heavy atom. The minimum Gasteiger partial charge on any atom is -0.389 e. The lowest BCUT2D eigenvalue weighted by atomic mass is 9.56. The second kappa shape index (κ2) is 8.55. The van der Waals surface area contributed by atoms with E-state index in [1.807, 2.05) is 25.1 Å². The van der Waals surface area contributed by atoms with Crippen molar-refractivity contribution in [3.8, 4) is 6.07 Å². The molecule has 4 rings (SSSR count). The van der Waals surface area contributed by atoms with Crippen LogP contribution in [-0.4, -0.2) is 21.5 Å². The van der Waals surface area contributed by atoms with E-state index in [-0.39, 0.29) is 17.6 Å². The molecule has 0 radical (unpaired) electrons. The molecule has 0 spiro atoms. The number of nitrogens with zero attached hydrogens (tertiary/aromatic N) is 2. The number of aliphatic hydroxyl groups is 1. The van der Waals surface area contributed by atoms with E-state index in [2.05, 4.69) is 30.1 Å². The number of hydrogen-bond donors (Lipinski definition) is 1. The van der Waals surface area contributed by atoms with Crippen molar-refractivity contribution in [1.29, 1.82) is 5.26 Å². The van der Waals surface area contributed by atoms with Gasteiger partial charge in [-0.05, 0) is 92.0 Å². The van der Waals surface area contributed by atoms with E-state index in [1.165, 1.54) is 11.1 Å². The summed E-state index contributed by atoms with van der Waals surface area (Å²) < 4.78 is 0. The van der Waals surface area contributed by atoms with Crippen LogP contribution in [0.3, 0.4) is 0 Å². The van der Waals surface area contributed by atoms with Gasteiger partial charge in [0.25, 0.3) is 0 Å². The summed E-state index contributed by atoms with van der Waals surface area (Å²) in [4.78, 5) is 17.3. The predicted molar refractivity (Wildman–Crippen MR) is 121 cm³/mol. The summed E-state index contributed by atoms with van der Waals surface area (Å²) >= 11 is 0. The Morgan fingerprint density at radius 3 is 2.90 bits per heavy atom. The zero-order valence-corrected chi connectivity index (χ0v) is 18.7. The van der Waals surface area contributed by atoms with Crippen LogP contribution in [0, 0.1) is 24.2 Å². The average Bonchev–Trinajstić information content (AvgIpc) is 2.91. The Kier molecular flexibility index (Phi) is 5.99. The molecular weight excluding hydrogens is 384 g/mol. The number of benzene rings is 1. The lowest BCUT2D eigenvalue weighted by Gasteiger charge is -2.49. The van der Waals surface area contributed by atoms with Crippen LogP contribution < -0.4 is 0 Å². The van der Waals surface area contributed by atoms with Crippen LogP contribution in [0.1, 0.15) is 84.6 Å². The maximum absolute atomic E-state index is 13.0. The van der Waals surface area contributed by atoms with Gasteiger partial charge in [0, 0.05) is 23.9 Å². The van der Waals surface area contributed by atoms with Crippen LogP contribution in [0.15, 0.2) is 36.5 Å². The molecule has 1 heterocycles. The Bertz CT molecular complexity index is 1020. The van der Waals surface area contributed by atoms with Crippen molar-refractivity contribution in [2.75, 3.05) is 0 Å². The van der Waals surface area contributed by atoms with Gasteiger partial charge >= 0.3 is 0 Å². The number of Topliss-reactive ketones (excluding diaryl/α,β-unsaturated/α-hetero) is 1. The summed E-state index contributed by atoms with van der Waals surface area (Å²) in [5.41, 5.74) is 4.52. The molecule has 4 nitrogen and oxygen atoms in total. The predicted octanol–water partition coefficient (Wildman–Crippen LogP) is 5.24. The van der Waals surface area contributed by atoms with Crippen molar-refractivity contribution in [2.24, 2.45) is 5.92 Å². The summed E-state index contributed by atoms with van der Waals surface area (Å²) in [5.74, 6) is 0.516. The SMILES string of the molecule is CC[C@@]12CC[C@](O)(CC#N)C[C@@H]1CCCc1cc(C(=O)Cc3cccnc3C)ccc12. The number of carbonyl (C=O) groups excluding carboxylic acids is 1. The van der Waals surface area contributed by atoms with Gasteiger partial charge in [0.2, 0.25) is 0 Å². The second-order valence-electron chi connectivity index (χ2n) is 9.58. The van der Waals surface area contributed by atoms with Gasteiger partial charge in [-0.2, -0.15) is 5.26 Å². The van der Waals surface area contributed by atoms with E-state index < -0.39 is 5.60 Å². The molecule has 0 saturated heterocycles. The first kappa shape index (κ1) is 21.7. The van der Waals surface area contributed by atoms with Gasteiger partial charge in [0.1, 0.15) is 0 Å². The van der Waals surface area contributed by atoms with E-state index in [9.17, 15) is 15.2 Å². The fraction of sp³-hybridized carbons (Fsp3) is 0.519. The molecule has 2 aliphatic rings. The third-order valence-corrected chi connectivity index (χ3v) is 7.91. The third-order valence-electron chi connectivity index (χ3n) is 7.91. The zero-order chi connectivity index (χ0) is 22.1. The van der Waals surface area contributed by atoms with Crippen LogP contribution in [0.25, 0.3) is 0 Å². The van der Waals surface area contributed by atoms with E-state index >= 15 is 0 Å². The molecule has 3 atom stereocenters. The van der Waals surface area contributed by atoms with Crippen molar-refractivity contribution < 1.29 is 9.90 Å². The lowest BCUT2D eigenvalue weighted by molar-refractivity contribution is -0.0446. The summed E-state index contributed by atoms with van der Waals surface area (Å²) in [7, 11) is 0. The molecule has 2 aromatic rings. The number of fused-ring (bicyclic) bond motifs is 3. The molecule has 1 aromatic carbocycles. The van der Waals surface area contributed by atoms with Gasteiger partial charge in [0.05, 0.1) is 18.1 Å². The van der Waals surface area contributed by atoms with Crippen LogP contribution in [0.4, 0.5) is 0 Å². The van der Waals surface area contributed by atoms with Gasteiger partial charge in [-0.15, -0.1) is 0 Å². The summed E-state index contributed by atoms with van der Waals surface area (Å²) in [6.07, 6.45) is 8.75. The molecule has 1 fully saturated rings. The van der Waals surface area contributed by atoms with Crippen LogP contribution in [-0.2, 0) is 18.3 Å². The number of nitriles is 1. The number of rotatable bonds is 5. The van der Waals surface area contributed by atoms with Crippen molar-refractivity contribution in [3.05, 3.63) is 64.5 Å². The standard InChI is InChI=1S/C27H32N2O2/c1-3-27-12-11-26(31,13-14-28)18-23(27)8-4-6-21-16-22(9-10-24(21)27)25(30)17-20-7-5-15-29-19(20)2/h5,7,9-10,15-16,23,31H,3-4,6,8,11-13,17-18H2,1-2H3/t23-,26-,27+/m0/s1. The van der Waals surface area contributed by atoms with E-state index in [4.69, 9.17) is 0 Å². The van der Waals surface area contributed by atoms with Gasteiger partial charge in [-0.3, -0.25) is 9.78 Å². The first-order valence-corrected chi connectivity index (χ1v) is 11.6. The molecule has 0 amide bonds. The second-order valence-corrected chi connectivity index (χ2v) is 9.58. The fourth-order valence-electron chi connectivity index (χ4n) is 6.09. The molecule has 162 valence electrons. The highest BCUT2D eigenvalue weighted by molar-refractivity contribution is 5.97. The van der Waals surface area contributed by atoms with E-state index in [0.29, 0.717) is 25.2 Å². The molecule has 0 bridgehead atoms. The molecule has 1 saturated carbocycles. The smallest absolute Gasteiger partial charge is 0.167 e. The number of carbonyl (C=O) groups is 1. The quantitative estimate of drug-likeness (QED) is 0.676. The number of aromatic nitrogens is 1. The maximum atomic E-state index is 13.0. The van der Waals surface area contributed by atoms with Crippen molar-refractivity contribution in [2.45, 2.75) is 82.7 Å². The molecule has 31 heavy (non-hydrogen) atoms. The van der Waals surface area contributed by atoms with Crippen LogP contribution in [0.5, 0.6) is 0 Å². The highest BCUT2D eigenvalue weighted by atomic mass is 16.3. The first-order chi connectivity index (χ1) is 14.9. The minimum atomic E-state index is -0.847. The summed E-state index contributed by atoms with van der Waals surface area (Å²) in [6.45, 7) is 4.20. The Morgan fingerprint density at radius 2 is 2.16 bits per heavy atom. The van der Waals surface area contributed by atoms with Crippen LogP contribution >= 0.6 is 0 Å². The first-order valence-electron chi connectivity index (χ1n) is 11.6. The maximum Gasteiger partial charge on any atom is 0.167 e. The summed E-state index contributed by atoms with van der Waals surface area (Å²) in [5, 5.41) is 20.1. The van der Waals surface area contributed by atoms with Crippen molar-refractivity contribution >= 4 is 5.78 Å². The largest absolute Gasteiger partial charge is 0.389 e. The van der Waals surface area contributed by atoms with E-state index in [0.717, 1.165) is 48.9 Å². The third kappa shape index (κ3) is 4.04. The van der Waals surface area contributed by atoms with Gasteiger partial charge in [0.15, 0.2) is 5.78 Å². The van der Waals surface area contributed by atoms with Crippen LogP contribution in [0.2, 0.25) is 0 Å². The molecule has 1 aromatic heterocycles. The normalized spacial score (nSPS) is 27.5. The molecule has 1 N–H and O–H groups in total. The highest BCUT2D eigenvalue weighted by Crippen LogP contribution is 2.54. The molecule has 2 aliphatic carbocycles. The minimum absolute atomic E-state index is 0.0367. The molecular formula is C27H32N2O2. The van der Waals surface area contributed by atoms with Crippen molar-refractivity contribution in [1.82, 2.24) is 4.98 Å². The zero-order valence-electron chi connectivity index (χ0n) is 18.7. The fourth-order valence-corrected chi connectivity index (χ4v) is 6.09. The number of aryl methyl sites for hydroxylation is 2. The summed E-state index contributed by atoms with van der Waals surface area (Å²) in [6, 6.07) is 12.4. The van der Waals surface area contributed by atoms with Gasteiger partial charge in [-0.25, -0.2) is 0 Å². The lowest BCUT2D eigenvalue weighted by Crippen LogP contribution is -2.47. The topological polar surface area (TPSA) is 74.0 Å². The molecule has 0 unspecified atom stereocenters. The monoisotopic (exact) mass is 416 g/mol. The highest BCUT2D eigenvalue weighted by Gasteiger charge is 2.49. The number of ketones is 1. The van der Waals surface area contributed by atoms with Gasteiger partial charge in [-0.1, -0.05) is 25.1 Å². The number of hydrogen-bond acceptors (Lipinski definition) is 4. The average molecular weight is 417 g/mol. The Hall–Kier alpha value is -2.51. The number of pyridine rings is 1. The van der Waals surface area contributed by atoms with Crippen molar-refractivity contribution in [3.63, 3.8) is 0 Å². The molecule has 4 heteroatoms. The van der Waals surface area contributed by atoms with E-state index in [1.54, 1.807) is 6.20 Å². The van der Waals surface area contributed by atoms with Gasteiger partial charge < -0.3 is 5.11 Å². The molecule has 0 aliphatic heterocycles.